The molecule has 238 valence electrons. The minimum absolute atomic E-state index is 0.0358. The number of benzene rings is 2. The van der Waals surface area contributed by atoms with E-state index >= 15 is 0 Å². The van der Waals surface area contributed by atoms with E-state index < -0.39 is 18.4 Å². The number of ketones is 1. The number of nitrogens with zero attached hydrogens (tertiary/aromatic N) is 2. The molecule has 0 N–H and O–H groups in total. The van der Waals surface area contributed by atoms with Crippen LogP contribution in [-0.4, -0.2) is 40.7 Å². The van der Waals surface area contributed by atoms with Crippen molar-refractivity contribution in [2.75, 3.05) is 6.61 Å². The zero-order chi connectivity index (χ0) is 32.5. The van der Waals surface area contributed by atoms with Gasteiger partial charge < -0.3 is 0 Å². The molecule has 0 fully saturated rings. The summed E-state index contributed by atoms with van der Waals surface area (Å²) in [6.07, 6.45) is 8.10. The van der Waals surface area contributed by atoms with Gasteiger partial charge in [0.25, 0.3) is 0 Å². The standard InChI is InChI=1S/C11H8ClNO.C9H5BrClN.C4H7O.3C4H9.Sn/c1-7(14)9-3-2-8-4-5-11(12)13-10(8)6-9;10-7-3-1-6-2-4-9(11)12-8(6)5-7;1-3-5-4-2;3*1-3-4-2;/h2-6H,1H3;1-5H;1,4H2,2H3;3*1,3-4H2,2H3;. The number of fused-ring (bicyclic) bond motifs is 2. The van der Waals surface area contributed by atoms with Crippen molar-refractivity contribution in [1.82, 2.24) is 9.97 Å². The van der Waals surface area contributed by atoms with Crippen molar-refractivity contribution in [3.8, 4) is 0 Å². The third-order valence-electron chi connectivity index (χ3n) is 7.62. The second-order valence-electron chi connectivity index (χ2n) is 11.0. The number of aromatic nitrogens is 2. The molecule has 0 aliphatic heterocycles. The summed E-state index contributed by atoms with van der Waals surface area (Å²) in [5.41, 5.74) is 2.33. The molecular formula is C36H47BrCl2N2O2Sn. The summed E-state index contributed by atoms with van der Waals surface area (Å²) in [4.78, 5) is 19.4. The van der Waals surface area contributed by atoms with Gasteiger partial charge in [0.1, 0.15) is 10.3 Å². The number of pyridine rings is 2. The Morgan fingerprint density at radius 1 is 0.773 bits per heavy atom. The van der Waals surface area contributed by atoms with Crippen molar-refractivity contribution < 1.29 is 9.53 Å². The Kier molecular flexibility index (Phi) is 17.9. The van der Waals surface area contributed by atoms with Gasteiger partial charge in [0.15, 0.2) is 5.78 Å². The minimum atomic E-state index is -2.24. The summed E-state index contributed by atoms with van der Waals surface area (Å²) in [7, 11) is 0. The van der Waals surface area contributed by atoms with E-state index in [0.29, 0.717) is 15.9 Å². The summed E-state index contributed by atoms with van der Waals surface area (Å²) in [6, 6.07) is 18.7. The van der Waals surface area contributed by atoms with Gasteiger partial charge in [0.2, 0.25) is 0 Å². The predicted octanol–water partition coefficient (Wildman–Crippen LogP) is 12.7. The molecule has 0 aliphatic carbocycles. The fraction of sp³-hybridized carbons (Fsp3) is 0.417. The Balaban J connectivity index is 0.000000234. The molecule has 2 aromatic carbocycles. The first-order valence-electron chi connectivity index (χ1n) is 15.7. The van der Waals surface area contributed by atoms with Gasteiger partial charge >= 0.3 is 120 Å². The Morgan fingerprint density at radius 2 is 1.23 bits per heavy atom. The second-order valence-corrected chi connectivity index (χ2v) is 25.9. The van der Waals surface area contributed by atoms with Gasteiger partial charge in [-0.2, -0.15) is 0 Å². The molecule has 0 amide bonds. The van der Waals surface area contributed by atoms with E-state index in [0.717, 1.165) is 32.9 Å². The molecule has 0 spiro atoms. The van der Waals surface area contributed by atoms with Crippen LogP contribution in [0.25, 0.3) is 21.8 Å². The zero-order valence-corrected chi connectivity index (χ0v) is 32.8. The molecule has 0 bridgehead atoms. The van der Waals surface area contributed by atoms with Gasteiger partial charge in [0, 0.05) is 20.8 Å². The number of hydrogen-bond acceptors (Lipinski definition) is 4. The minimum Gasteiger partial charge on any atom is -0.295 e. The average molecular weight is 809 g/mol. The van der Waals surface area contributed by atoms with Gasteiger partial charge in [-0.25, -0.2) is 9.97 Å². The molecule has 0 saturated heterocycles. The molecule has 0 unspecified atom stereocenters. The summed E-state index contributed by atoms with van der Waals surface area (Å²) < 4.78 is 12.6. The van der Waals surface area contributed by atoms with Gasteiger partial charge in [-0.3, -0.25) is 4.79 Å². The van der Waals surface area contributed by atoms with Crippen LogP contribution in [0.5, 0.6) is 0 Å². The quantitative estimate of drug-likeness (QED) is 0.0584. The van der Waals surface area contributed by atoms with Crippen LogP contribution in [0.1, 0.15) is 83.5 Å². The summed E-state index contributed by atoms with van der Waals surface area (Å²) >= 11 is 12.6. The van der Waals surface area contributed by atoms with Crippen LogP contribution < -0.4 is 0 Å². The molecule has 0 aliphatic rings. The number of rotatable bonds is 13. The number of carbonyl (C=O) groups is 1. The summed E-state index contributed by atoms with van der Waals surface area (Å²) in [5, 5.41) is 3.06. The number of Topliss-reactive ketones (excluding diaryl/α,β-unsaturated/α-hetero) is 1. The molecule has 2 aromatic heterocycles. The molecule has 8 heteroatoms. The monoisotopic (exact) mass is 808 g/mol. The third-order valence-corrected chi connectivity index (χ3v) is 23.5. The Hall–Kier alpha value is -1.67. The number of hydrogen-bond donors (Lipinski definition) is 0. The van der Waals surface area contributed by atoms with E-state index in [1.54, 1.807) is 24.3 Å². The number of unbranched alkanes of at least 4 members (excludes halogenated alkanes) is 3. The van der Waals surface area contributed by atoms with Crippen LogP contribution in [0.15, 0.2) is 75.5 Å². The van der Waals surface area contributed by atoms with Crippen molar-refractivity contribution in [2.24, 2.45) is 0 Å². The van der Waals surface area contributed by atoms with E-state index in [9.17, 15) is 4.79 Å². The zero-order valence-electron chi connectivity index (χ0n) is 26.9. The van der Waals surface area contributed by atoms with E-state index in [4.69, 9.17) is 27.9 Å². The maximum atomic E-state index is 11.1. The third kappa shape index (κ3) is 12.6. The van der Waals surface area contributed by atoms with Crippen molar-refractivity contribution in [2.45, 2.75) is 86.5 Å². The Labute approximate surface area is 287 Å². The molecule has 44 heavy (non-hydrogen) atoms. The molecule has 0 saturated carbocycles. The average Bonchev–Trinajstić information content (AvgIpc) is 3.01. The van der Waals surface area contributed by atoms with Crippen LogP contribution in [0.2, 0.25) is 23.6 Å². The van der Waals surface area contributed by atoms with Crippen LogP contribution in [0.3, 0.4) is 0 Å². The van der Waals surface area contributed by atoms with Gasteiger partial charge in [-0.15, -0.1) is 0 Å². The van der Waals surface area contributed by atoms with E-state index in [2.05, 4.69) is 60.2 Å². The maximum Gasteiger partial charge on any atom is 0.159 e. The van der Waals surface area contributed by atoms with Crippen molar-refractivity contribution in [3.05, 3.63) is 91.4 Å². The second kappa shape index (κ2) is 20.5. The van der Waals surface area contributed by atoms with Gasteiger partial charge in [-0.1, -0.05) is 57.3 Å². The number of halogens is 3. The molecule has 4 rings (SSSR count). The fourth-order valence-electron chi connectivity index (χ4n) is 5.04. The number of carbonyl (C=O) groups excluding carboxylic acids is 1. The number of ether oxygens (including phenoxy) is 1. The van der Waals surface area contributed by atoms with Gasteiger partial charge in [0.05, 0.1) is 11.0 Å². The first-order valence-corrected chi connectivity index (χ1v) is 24.7. The molecule has 4 nitrogen and oxygen atoms in total. The van der Waals surface area contributed by atoms with E-state index in [-0.39, 0.29) is 5.78 Å². The predicted molar refractivity (Wildman–Crippen MR) is 197 cm³/mol. The molecular weight excluding hydrogens is 762 g/mol. The summed E-state index contributed by atoms with van der Waals surface area (Å²) in [6.45, 7) is 15.7. The smallest absolute Gasteiger partial charge is 0.159 e. The van der Waals surface area contributed by atoms with Gasteiger partial charge in [-0.05, 0) is 49.4 Å². The normalized spacial score (nSPS) is 10.9. The van der Waals surface area contributed by atoms with Crippen molar-refractivity contribution in [1.29, 1.82) is 0 Å². The van der Waals surface area contributed by atoms with Crippen molar-refractivity contribution in [3.63, 3.8) is 0 Å². The van der Waals surface area contributed by atoms with Crippen LogP contribution in [0, 0.1) is 0 Å². The largest absolute Gasteiger partial charge is 0.295 e. The Morgan fingerprint density at radius 3 is 1.68 bits per heavy atom. The molecule has 2 heterocycles. The molecule has 0 atom stereocenters. The maximum absolute atomic E-state index is 11.1. The van der Waals surface area contributed by atoms with E-state index in [1.807, 2.05) is 36.4 Å². The first-order chi connectivity index (χ1) is 21.1. The molecule has 4 aromatic rings. The Bertz CT molecular complexity index is 1440. The molecule has 0 radical (unpaired) electrons. The van der Waals surface area contributed by atoms with Crippen LogP contribution in [0.4, 0.5) is 0 Å². The fourth-order valence-corrected chi connectivity index (χ4v) is 20.3. The summed E-state index contributed by atoms with van der Waals surface area (Å²) in [5.74, 6) is 0.0358. The van der Waals surface area contributed by atoms with E-state index in [1.165, 1.54) is 62.5 Å². The topological polar surface area (TPSA) is 52.1 Å². The van der Waals surface area contributed by atoms with Crippen molar-refractivity contribution >= 4 is 85.1 Å². The van der Waals surface area contributed by atoms with Crippen LogP contribution >= 0.6 is 39.1 Å². The first kappa shape index (κ1) is 38.5. The van der Waals surface area contributed by atoms with Crippen LogP contribution in [-0.2, 0) is 4.74 Å². The SMILES string of the molecule is C=[C](OCC)[Sn]([CH2]CCC)([CH2]CCC)[CH2]CCC.CC(=O)c1ccc2ccc(Cl)nc2c1.Clc1ccc2ccc(Br)cc2n1.